The summed E-state index contributed by atoms with van der Waals surface area (Å²) < 4.78 is 5.15. The summed E-state index contributed by atoms with van der Waals surface area (Å²) in [7, 11) is 0. The van der Waals surface area contributed by atoms with Crippen LogP contribution in [0.2, 0.25) is 0 Å². The highest BCUT2D eigenvalue weighted by atomic mass is 16.3. The summed E-state index contributed by atoms with van der Waals surface area (Å²) >= 11 is 0. The Balaban J connectivity index is 1.79. The van der Waals surface area contributed by atoms with Crippen LogP contribution in [0.15, 0.2) is 47.1 Å². The van der Waals surface area contributed by atoms with Gasteiger partial charge in [0.05, 0.1) is 30.5 Å². The minimum atomic E-state index is -0.328. The average Bonchev–Trinajstić information content (AvgIpc) is 3.03. The molecule has 0 spiro atoms. The lowest BCUT2D eigenvalue weighted by Gasteiger charge is -2.13. The van der Waals surface area contributed by atoms with Crippen molar-refractivity contribution in [2.24, 2.45) is 0 Å². The largest absolute Gasteiger partial charge is 0.467 e. The molecule has 2 rings (SSSR count). The molecule has 5 heteroatoms. The Morgan fingerprint density at radius 1 is 1.33 bits per heavy atom. The van der Waals surface area contributed by atoms with Gasteiger partial charge in [0.2, 0.25) is 5.91 Å². The standard InChI is InChI=1S/C16H17N3O2/c1-12(16(20)19-11-15-6-3-7-21-15)18-10-14-5-2-4-13(8-14)9-17/h2-8,12,18H,10-11H2,1H3,(H,19,20). The number of carbonyl (C=O) groups is 1. The van der Waals surface area contributed by atoms with E-state index >= 15 is 0 Å². The van der Waals surface area contributed by atoms with E-state index in [1.54, 1.807) is 31.4 Å². The summed E-state index contributed by atoms with van der Waals surface area (Å²) in [5.41, 5.74) is 1.59. The van der Waals surface area contributed by atoms with Gasteiger partial charge in [-0.05, 0) is 36.8 Å². The molecule has 0 aliphatic rings. The summed E-state index contributed by atoms with van der Waals surface area (Å²) in [5.74, 6) is 0.625. The molecule has 108 valence electrons. The molecule has 1 aromatic heterocycles. The van der Waals surface area contributed by atoms with Gasteiger partial charge < -0.3 is 15.1 Å². The Morgan fingerprint density at radius 3 is 2.90 bits per heavy atom. The quantitative estimate of drug-likeness (QED) is 0.849. The predicted octanol–water partition coefficient (Wildman–Crippen LogP) is 1.95. The van der Waals surface area contributed by atoms with E-state index in [-0.39, 0.29) is 11.9 Å². The van der Waals surface area contributed by atoms with Crippen LogP contribution in [0.5, 0.6) is 0 Å². The van der Waals surface area contributed by atoms with Crippen LogP contribution in [-0.2, 0) is 17.9 Å². The van der Waals surface area contributed by atoms with Crippen molar-refractivity contribution in [1.29, 1.82) is 5.26 Å². The third-order valence-corrected chi connectivity index (χ3v) is 3.08. The normalized spacial score (nSPS) is 11.6. The van der Waals surface area contributed by atoms with Crippen LogP contribution in [0.25, 0.3) is 0 Å². The summed E-state index contributed by atoms with van der Waals surface area (Å²) in [6.45, 7) is 2.71. The van der Waals surface area contributed by atoms with E-state index in [4.69, 9.17) is 9.68 Å². The Kier molecular flexibility index (Phi) is 5.13. The summed E-state index contributed by atoms with van der Waals surface area (Å²) in [5, 5.41) is 14.8. The first-order valence-corrected chi connectivity index (χ1v) is 6.71. The minimum absolute atomic E-state index is 0.0946. The Hall–Kier alpha value is -2.58. The first kappa shape index (κ1) is 14.8. The second-order valence-electron chi connectivity index (χ2n) is 4.71. The molecule has 0 aliphatic carbocycles. The lowest BCUT2D eigenvalue weighted by molar-refractivity contribution is -0.123. The van der Waals surface area contributed by atoms with E-state index < -0.39 is 0 Å². The molecule has 0 saturated carbocycles. The molecule has 2 N–H and O–H groups in total. The first-order valence-electron chi connectivity index (χ1n) is 6.71. The smallest absolute Gasteiger partial charge is 0.237 e. The van der Waals surface area contributed by atoms with Crippen LogP contribution < -0.4 is 10.6 Å². The van der Waals surface area contributed by atoms with Crippen molar-refractivity contribution < 1.29 is 9.21 Å². The summed E-state index contributed by atoms with van der Waals surface area (Å²) in [6, 6.07) is 12.7. The van der Waals surface area contributed by atoms with Crippen LogP contribution >= 0.6 is 0 Å². The van der Waals surface area contributed by atoms with Crippen LogP contribution in [-0.4, -0.2) is 11.9 Å². The molecule has 1 aromatic carbocycles. The van der Waals surface area contributed by atoms with E-state index in [0.29, 0.717) is 18.7 Å². The third-order valence-electron chi connectivity index (χ3n) is 3.08. The van der Waals surface area contributed by atoms with Crippen molar-refractivity contribution in [2.75, 3.05) is 0 Å². The Morgan fingerprint density at radius 2 is 2.19 bits per heavy atom. The van der Waals surface area contributed by atoms with Gasteiger partial charge in [0.15, 0.2) is 0 Å². The number of furan rings is 1. The minimum Gasteiger partial charge on any atom is -0.467 e. The maximum absolute atomic E-state index is 11.9. The molecule has 1 atom stereocenters. The van der Waals surface area contributed by atoms with E-state index in [1.807, 2.05) is 18.2 Å². The highest BCUT2D eigenvalue weighted by Gasteiger charge is 2.12. The van der Waals surface area contributed by atoms with Gasteiger partial charge in [0.25, 0.3) is 0 Å². The number of carbonyl (C=O) groups excluding carboxylic acids is 1. The molecule has 1 amide bonds. The van der Waals surface area contributed by atoms with Crippen molar-refractivity contribution in [3.05, 3.63) is 59.5 Å². The first-order chi connectivity index (χ1) is 10.2. The molecule has 1 heterocycles. The maximum atomic E-state index is 11.9. The number of hydrogen-bond donors (Lipinski definition) is 2. The Labute approximate surface area is 123 Å². The number of hydrogen-bond acceptors (Lipinski definition) is 4. The number of nitriles is 1. The maximum Gasteiger partial charge on any atom is 0.237 e. The molecule has 21 heavy (non-hydrogen) atoms. The van der Waals surface area contributed by atoms with Gasteiger partial charge in [-0.1, -0.05) is 12.1 Å². The van der Waals surface area contributed by atoms with Crippen molar-refractivity contribution >= 4 is 5.91 Å². The lowest BCUT2D eigenvalue weighted by atomic mass is 10.1. The third kappa shape index (κ3) is 4.48. The van der Waals surface area contributed by atoms with Gasteiger partial charge in [-0.3, -0.25) is 4.79 Å². The molecular weight excluding hydrogens is 266 g/mol. The van der Waals surface area contributed by atoms with E-state index in [0.717, 1.165) is 11.3 Å². The number of benzene rings is 1. The van der Waals surface area contributed by atoms with E-state index in [1.165, 1.54) is 0 Å². The second-order valence-corrected chi connectivity index (χ2v) is 4.71. The van der Waals surface area contributed by atoms with Gasteiger partial charge in [0.1, 0.15) is 5.76 Å². The number of nitrogens with one attached hydrogen (secondary N) is 2. The fourth-order valence-corrected chi connectivity index (χ4v) is 1.85. The highest BCUT2D eigenvalue weighted by molar-refractivity contribution is 5.81. The van der Waals surface area contributed by atoms with Crippen molar-refractivity contribution in [3.8, 4) is 6.07 Å². The zero-order chi connectivity index (χ0) is 15.1. The second kappa shape index (κ2) is 7.27. The zero-order valence-corrected chi connectivity index (χ0v) is 11.8. The molecule has 0 saturated heterocycles. The van der Waals surface area contributed by atoms with Gasteiger partial charge in [0, 0.05) is 6.54 Å². The van der Waals surface area contributed by atoms with Crippen molar-refractivity contribution in [3.63, 3.8) is 0 Å². The van der Waals surface area contributed by atoms with Crippen molar-refractivity contribution in [1.82, 2.24) is 10.6 Å². The van der Waals surface area contributed by atoms with Gasteiger partial charge >= 0.3 is 0 Å². The Bertz CT molecular complexity index is 629. The summed E-state index contributed by atoms with van der Waals surface area (Å²) in [6.07, 6.45) is 1.57. The topological polar surface area (TPSA) is 78.1 Å². The fraction of sp³-hybridized carbons (Fsp3) is 0.250. The van der Waals surface area contributed by atoms with Crippen LogP contribution in [0.1, 0.15) is 23.8 Å². The number of rotatable bonds is 6. The van der Waals surface area contributed by atoms with E-state index in [9.17, 15) is 4.79 Å². The lowest BCUT2D eigenvalue weighted by Crippen LogP contribution is -2.41. The molecule has 2 aromatic rings. The SMILES string of the molecule is CC(NCc1cccc(C#N)c1)C(=O)NCc1ccco1. The molecule has 5 nitrogen and oxygen atoms in total. The van der Waals surface area contributed by atoms with E-state index in [2.05, 4.69) is 16.7 Å². The highest BCUT2D eigenvalue weighted by Crippen LogP contribution is 2.04. The van der Waals surface area contributed by atoms with Crippen LogP contribution in [0.3, 0.4) is 0 Å². The zero-order valence-electron chi connectivity index (χ0n) is 11.8. The monoisotopic (exact) mass is 283 g/mol. The fourth-order valence-electron chi connectivity index (χ4n) is 1.85. The summed E-state index contributed by atoms with van der Waals surface area (Å²) in [4.78, 5) is 11.9. The number of nitrogens with zero attached hydrogens (tertiary/aromatic N) is 1. The van der Waals surface area contributed by atoms with Crippen LogP contribution in [0.4, 0.5) is 0 Å². The molecule has 0 radical (unpaired) electrons. The number of amides is 1. The average molecular weight is 283 g/mol. The van der Waals surface area contributed by atoms with Gasteiger partial charge in [-0.25, -0.2) is 0 Å². The molecule has 0 aliphatic heterocycles. The van der Waals surface area contributed by atoms with Crippen LogP contribution in [0, 0.1) is 11.3 Å². The van der Waals surface area contributed by atoms with Gasteiger partial charge in [-0.15, -0.1) is 0 Å². The van der Waals surface area contributed by atoms with Gasteiger partial charge in [-0.2, -0.15) is 5.26 Å². The molecule has 1 unspecified atom stereocenters. The molecule has 0 bridgehead atoms. The molecular formula is C16H17N3O2. The predicted molar refractivity (Wildman–Crippen MR) is 78.0 cm³/mol. The van der Waals surface area contributed by atoms with Crippen molar-refractivity contribution in [2.45, 2.75) is 26.1 Å². The molecule has 0 fully saturated rings.